The molecule has 2 rings (SSSR count). The maximum Gasteiger partial charge on any atom is 0.299 e. The van der Waals surface area contributed by atoms with E-state index in [0.717, 1.165) is 12.8 Å². The molecule has 8 heteroatoms. The zero-order valence-electron chi connectivity index (χ0n) is 10.3. The molecule has 0 heterocycles. The molecule has 6 nitrogen and oxygen atoms in total. The zero-order valence-corrected chi connectivity index (χ0v) is 12.0. The van der Waals surface area contributed by atoms with Gasteiger partial charge in [0.05, 0.1) is 7.11 Å². The number of nitrogens with two attached hydrogens (primary N) is 1. The SMILES string of the molecule is COc1cccc(C(N)=S)c1NS(=O)(=O)NC1CC1. The number of rotatable bonds is 6. The predicted molar refractivity (Wildman–Crippen MR) is 77.6 cm³/mol. The van der Waals surface area contributed by atoms with E-state index in [1.165, 1.54) is 7.11 Å². The highest BCUT2D eigenvalue weighted by Gasteiger charge is 2.28. The maximum absolute atomic E-state index is 11.9. The van der Waals surface area contributed by atoms with Crippen molar-refractivity contribution in [2.75, 3.05) is 11.8 Å². The predicted octanol–water partition coefficient (Wildman–Crippen LogP) is 0.738. The summed E-state index contributed by atoms with van der Waals surface area (Å²) in [5.74, 6) is 0.367. The molecule has 1 fully saturated rings. The fourth-order valence-electron chi connectivity index (χ4n) is 1.60. The number of anilines is 1. The van der Waals surface area contributed by atoms with Gasteiger partial charge in [-0.1, -0.05) is 18.3 Å². The summed E-state index contributed by atoms with van der Waals surface area (Å²) < 4.78 is 33.9. The molecule has 1 aliphatic rings. The van der Waals surface area contributed by atoms with E-state index < -0.39 is 10.2 Å². The third-order valence-corrected chi connectivity index (χ3v) is 3.98. The Kier molecular flexibility index (Phi) is 3.93. The van der Waals surface area contributed by atoms with Crippen molar-refractivity contribution >= 4 is 33.1 Å². The molecule has 0 radical (unpaired) electrons. The number of hydrogen-bond acceptors (Lipinski definition) is 4. The largest absolute Gasteiger partial charge is 0.495 e. The molecule has 0 unspecified atom stereocenters. The lowest BCUT2D eigenvalue weighted by atomic mass is 10.1. The van der Waals surface area contributed by atoms with E-state index >= 15 is 0 Å². The summed E-state index contributed by atoms with van der Waals surface area (Å²) in [6.07, 6.45) is 1.71. The first kappa shape index (κ1) is 14.0. The zero-order chi connectivity index (χ0) is 14.0. The van der Waals surface area contributed by atoms with Crippen LogP contribution in [0.3, 0.4) is 0 Å². The molecule has 1 aliphatic carbocycles. The summed E-state index contributed by atoms with van der Waals surface area (Å²) in [5.41, 5.74) is 6.27. The Hall–Kier alpha value is -1.38. The Morgan fingerprint density at radius 1 is 1.47 bits per heavy atom. The second kappa shape index (κ2) is 5.32. The highest BCUT2D eigenvalue weighted by atomic mass is 32.2. The molecule has 0 atom stereocenters. The van der Waals surface area contributed by atoms with Gasteiger partial charge in [-0.2, -0.15) is 13.1 Å². The van der Waals surface area contributed by atoms with E-state index in [2.05, 4.69) is 9.44 Å². The second-order valence-electron chi connectivity index (χ2n) is 4.24. The summed E-state index contributed by atoms with van der Waals surface area (Å²) in [6.45, 7) is 0. The van der Waals surface area contributed by atoms with E-state index in [1.807, 2.05) is 0 Å². The van der Waals surface area contributed by atoms with Crippen molar-refractivity contribution in [1.29, 1.82) is 0 Å². The first-order chi connectivity index (χ1) is 8.93. The lowest BCUT2D eigenvalue weighted by Crippen LogP contribution is -2.32. The van der Waals surface area contributed by atoms with Gasteiger partial charge < -0.3 is 10.5 Å². The highest BCUT2D eigenvalue weighted by Crippen LogP contribution is 2.29. The topological polar surface area (TPSA) is 93.4 Å². The Balaban J connectivity index is 2.34. The molecule has 0 saturated heterocycles. The van der Waals surface area contributed by atoms with E-state index in [-0.39, 0.29) is 16.7 Å². The van der Waals surface area contributed by atoms with Gasteiger partial charge in [-0.05, 0) is 25.0 Å². The van der Waals surface area contributed by atoms with Gasteiger partial charge in [-0.15, -0.1) is 0 Å². The van der Waals surface area contributed by atoms with Crippen molar-refractivity contribution < 1.29 is 13.2 Å². The van der Waals surface area contributed by atoms with Gasteiger partial charge in [-0.25, -0.2) is 0 Å². The van der Waals surface area contributed by atoms with Crippen molar-refractivity contribution in [3.8, 4) is 5.75 Å². The van der Waals surface area contributed by atoms with Crippen LogP contribution in [-0.2, 0) is 10.2 Å². The van der Waals surface area contributed by atoms with E-state index in [0.29, 0.717) is 11.3 Å². The van der Waals surface area contributed by atoms with Crippen LogP contribution in [0, 0.1) is 0 Å². The fraction of sp³-hybridized carbons (Fsp3) is 0.364. The number of hydrogen-bond donors (Lipinski definition) is 3. The van der Waals surface area contributed by atoms with Gasteiger partial charge in [0.25, 0.3) is 10.2 Å². The molecule has 0 aromatic heterocycles. The highest BCUT2D eigenvalue weighted by molar-refractivity contribution is 7.90. The van der Waals surface area contributed by atoms with Gasteiger partial charge in [0, 0.05) is 11.6 Å². The van der Waals surface area contributed by atoms with Crippen molar-refractivity contribution in [3.05, 3.63) is 23.8 Å². The first-order valence-corrected chi connectivity index (χ1v) is 7.59. The van der Waals surface area contributed by atoms with Gasteiger partial charge in [0.15, 0.2) is 0 Å². The van der Waals surface area contributed by atoms with E-state index in [9.17, 15) is 8.42 Å². The molecule has 1 aromatic rings. The summed E-state index contributed by atoms with van der Waals surface area (Å²) in [6, 6.07) is 4.98. The van der Waals surface area contributed by atoms with Crippen LogP contribution >= 0.6 is 12.2 Å². The van der Waals surface area contributed by atoms with Crippen LogP contribution in [0.1, 0.15) is 18.4 Å². The molecular weight excluding hydrogens is 286 g/mol. The molecule has 0 bridgehead atoms. The molecule has 0 aliphatic heterocycles. The summed E-state index contributed by atoms with van der Waals surface area (Å²) in [7, 11) is -2.21. The van der Waals surface area contributed by atoms with Crippen LogP contribution in [0.25, 0.3) is 0 Å². The normalized spacial score (nSPS) is 15.0. The lowest BCUT2D eigenvalue weighted by Gasteiger charge is -2.15. The number of methoxy groups -OCH3 is 1. The van der Waals surface area contributed by atoms with Crippen molar-refractivity contribution in [2.45, 2.75) is 18.9 Å². The smallest absolute Gasteiger partial charge is 0.299 e. The average Bonchev–Trinajstić information content (AvgIpc) is 3.11. The van der Waals surface area contributed by atoms with Crippen molar-refractivity contribution in [2.24, 2.45) is 5.73 Å². The Bertz CT molecular complexity index is 597. The summed E-state index contributed by atoms with van der Waals surface area (Å²) >= 11 is 4.91. The average molecular weight is 301 g/mol. The van der Waals surface area contributed by atoms with Crippen LogP contribution in [-0.4, -0.2) is 26.6 Å². The number of thiocarbonyl (C=S) groups is 1. The van der Waals surface area contributed by atoms with Crippen LogP contribution in [0.2, 0.25) is 0 Å². The maximum atomic E-state index is 11.9. The summed E-state index contributed by atoms with van der Waals surface area (Å²) in [4.78, 5) is 0.100. The molecular formula is C11H15N3O3S2. The van der Waals surface area contributed by atoms with E-state index in [1.54, 1.807) is 18.2 Å². The van der Waals surface area contributed by atoms with Gasteiger partial charge >= 0.3 is 0 Å². The van der Waals surface area contributed by atoms with Crippen LogP contribution in [0.4, 0.5) is 5.69 Å². The first-order valence-electron chi connectivity index (χ1n) is 5.70. The third kappa shape index (κ3) is 3.55. The van der Waals surface area contributed by atoms with E-state index in [4.69, 9.17) is 22.7 Å². The van der Waals surface area contributed by atoms with Crippen LogP contribution < -0.4 is 19.9 Å². The molecule has 0 amide bonds. The van der Waals surface area contributed by atoms with Gasteiger partial charge in [0.2, 0.25) is 0 Å². The minimum absolute atomic E-state index is 0.0143. The Morgan fingerprint density at radius 3 is 2.68 bits per heavy atom. The standard InChI is InChI=1S/C11H15N3O3S2/c1-17-9-4-2-3-8(11(12)18)10(9)14-19(15,16)13-7-5-6-7/h2-4,7,13-14H,5-6H2,1H3,(H2,12,18). The molecule has 1 saturated carbocycles. The molecule has 104 valence electrons. The lowest BCUT2D eigenvalue weighted by molar-refractivity contribution is 0.417. The molecule has 0 spiro atoms. The number of nitrogens with one attached hydrogen (secondary N) is 2. The quantitative estimate of drug-likeness (QED) is 0.674. The number of benzene rings is 1. The van der Waals surface area contributed by atoms with Crippen molar-refractivity contribution in [3.63, 3.8) is 0 Å². The Morgan fingerprint density at radius 2 is 2.16 bits per heavy atom. The van der Waals surface area contributed by atoms with Crippen molar-refractivity contribution in [1.82, 2.24) is 4.72 Å². The number of para-hydroxylation sites is 1. The Labute approximate surface area is 117 Å². The molecule has 1 aromatic carbocycles. The van der Waals surface area contributed by atoms with Gasteiger partial charge in [0.1, 0.15) is 16.4 Å². The fourth-order valence-corrected chi connectivity index (χ4v) is 2.98. The van der Waals surface area contributed by atoms with Gasteiger partial charge in [-0.3, -0.25) is 4.72 Å². The monoisotopic (exact) mass is 301 g/mol. The second-order valence-corrected chi connectivity index (χ2v) is 6.13. The minimum Gasteiger partial charge on any atom is -0.495 e. The molecule has 19 heavy (non-hydrogen) atoms. The molecule has 4 N–H and O–H groups in total. The van der Waals surface area contributed by atoms with Crippen LogP contribution in [0.5, 0.6) is 5.75 Å². The third-order valence-electron chi connectivity index (χ3n) is 2.65. The number of ether oxygens (including phenoxy) is 1. The summed E-state index contributed by atoms with van der Waals surface area (Å²) in [5, 5.41) is 0. The minimum atomic E-state index is -3.66. The van der Waals surface area contributed by atoms with Crippen LogP contribution in [0.15, 0.2) is 18.2 Å².